The average Bonchev–Trinajstić information content (AvgIpc) is 2.91. The molecule has 0 aliphatic heterocycles. The van der Waals surface area contributed by atoms with Crippen molar-refractivity contribution in [2.75, 3.05) is 0 Å². The van der Waals surface area contributed by atoms with Gasteiger partial charge in [0.2, 0.25) is 0 Å². The number of hydrogen-bond acceptors (Lipinski definition) is 7. The van der Waals surface area contributed by atoms with Crippen molar-refractivity contribution in [2.45, 2.75) is 25.9 Å². The summed E-state index contributed by atoms with van der Waals surface area (Å²) in [6.45, 7) is -0.109. The second-order valence-corrected chi connectivity index (χ2v) is 8.71. The number of nitro groups is 2. The van der Waals surface area contributed by atoms with Gasteiger partial charge in [-0.25, -0.2) is 9.78 Å². The van der Waals surface area contributed by atoms with Gasteiger partial charge in [0, 0.05) is 29.7 Å². The standard InChI is InChI=1S/C28H21N3O6/c32-28(37-17-19-7-4-10-22(16-19)31(35)36)26-23-11-1-2-13-25(23)29-27-20(8-5-12-24(26)27)14-18-6-3-9-21(15-18)30(33)34/h1-4,6-7,9-11,13-16H,5,8,12,17H2. The van der Waals surface area contributed by atoms with Crippen LogP contribution in [-0.4, -0.2) is 20.8 Å². The van der Waals surface area contributed by atoms with Crippen molar-refractivity contribution < 1.29 is 19.4 Å². The highest BCUT2D eigenvalue weighted by Gasteiger charge is 2.26. The summed E-state index contributed by atoms with van der Waals surface area (Å²) in [5, 5.41) is 23.0. The highest BCUT2D eigenvalue weighted by Crippen LogP contribution is 2.36. The molecule has 3 aromatic carbocycles. The number of esters is 1. The predicted octanol–water partition coefficient (Wildman–Crippen LogP) is 6.29. The normalized spacial score (nSPS) is 13.8. The van der Waals surface area contributed by atoms with Gasteiger partial charge in [0.05, 0.1) is 26.6 Å². The minimum absolute atomic E-state index is 0.00210. The number of benzene rings is 3. The number of fused-ring (bicyclic) bond motifs is 2. The monoisotopic (exact) mass is 495 g/mol. The van der Waals surface area contributed by atoms with E-state index in [0.29, 0.717) is 46.1 Å². The summed E-state index contributed by atoms with van der Waals surface area (Å²) in [5.74, 6) is -0.530. The van der Waals surface area contributed by atoms with Gasteiger partial charge >= 0.3 is 5.97 Å². The van der Waals surface area contributed by atoms with Gasteiger partial charge < -0.3 is 4.74 Å². The number of hydrogen-bond donors (Lipinski definition) is 0. The van der Waals surface area contributed by atoms with Crippen molar-refractivity contribution in [1.29, 1.82) is 0 Å². The predicted molar refractivity (Wildman–Crippen MR) is 138 cm³/mol. The number of carbonyl (C=O) groups is 1. The van der Waals surface area contributed by atoms with Gasteiger partial charge in [0.15, 0.2) is 0 Å². The molecule has 0 bridgehead atoms. The van der Waals surface area contributed by atoms with Crippen LogP contribution >= 0.6 is 0 Å². The van der Waals surface area contributed by atoms with Crippen LogP contribution in [0.3, 0.4) is 0 Å². The summed E-state index contributed by atoms with van der Waals surface area (Å²) in [4.78, 5) is 39.7. The van der Waals surface area contributed by atoms with E-state index in [1.165, 1.54) is 24.3 Å². The molecule has 9 heteroatoms. The van der Waals surface area contributed by atoms with Crippen LogP contribution in [0.2, 0.25) is 0 Å². The number of non-ortho nitro benzene ring substituents is 2. The highest BCUT2D eigenvalue weighted by molar-refractivity contribution is 6.06. The van der Waals surface area contributed by atoms with Gasteiger partial charge in [-0.1, -0.05) is 42.5 Å². The molecule has 37 heavy (non-hydrogen) atoms. The maximum atomic E-state index is 13.4. The SMILES string of the molecule is O=C(OCc1cccc([N+](=O)[O-])c1)c1c2c(nc3ccccc13)C(=Cc1cccc([N+](=O)[O-])c1)CCC2. The number of para-hydroxylation sites is 1. The van der Waals surface area contributed by atoms with Crippen LogP contribution in [0.5, 0.6) is 0 Å². The summed E-state index contributed by atoms with van der Waals surface area (Å²) in [6.07, 6.45) is 3.99. The lowest BCUT2D eigenvalue weighted by Crippen LogP contribution is -2.15. The molecule has 0 N–H and O–H groups in total. The fourth-order valence-corrected chi connectivity index (χ4v) is 4.62. The Morgan fingerprint density at radius 3 is 2.43 bits per heavy atom. The van der Waals surface area contributed by atoms with E-state index >= 15 is 0 Å². The maximum Gasteiger partial charge on any atom is 0.339 e. The van der Waals surface area contributed by atoms with Gasteiger partial charge in [-0.05, 0) is 53.7 Å². The Hall–Kier alpha value is -4.92. The molecule has 1 aromatic heterocycles. The number of rotatable bonds is 6. The first-order chi connectivity index (χ1) is 17.9. The van der Waals surface area contributed by atoms with Gasteiger partial charge in [0.1, 0.15) is 6.61 Å². The van der Waals surface area contributed by atoms with Crippen molar-refractivity contribution in [3.8, 4) is 0 Å². The fourth-order valence-electron chi connectivity index (χ4n) is 4.62. The van der Waals surface area contributed by atoms with Crippen molar-refractivity contribution in [3.63, 3.8) is 0 Å². The van der Waals surface area contributed by atoms with Crippen molar-refractivity contribution in [2.24, 2.45) is 0 Å². The number of aromatic nitrogens is 1. The van der Waals surface area contributed by atoms with E-state index in [9.17, 15) is 25.0 Å². The number of allylic oxidation sites excluding steroid dienone is 1. The first-order valence-electron chi connectivity index (χ1n) is 11.7. The lowest BCUT2D eigenvalue weighted by atomic mass is 9.86. The van der Waals surface area contributed by atoms with Gasteiger partial charge in [0.25, 0.3) is 11.4 Å². The zero-order valence-electron chi connectivity index (χ0n) is 19.6. The number of ether oxygens (including phenoxy) is 1. The molecule has 1 heterocycles. The van der Waals surface area contributed by atoms with Gasteiger partial charge in [-0.15, -0.1) is 0 Å². The average molecular weight is 495 g/mol. The zero-order valence-corrected chi connectivity index (χ0v) is 19.6. The number of carbonyl (C=O) groups excluding carboxylic acids is 1. The number of nitrogens with zero attached hydrogens (tertiary/aromatic N) is 3. The quantitative estimate of drug-likeness (QED) is 0.175. The van der Waals surface area contributed by atoms with Crippen LogP contribution in [0.1, 0.15) is 45.6 Å². The van der Waals surface area contributed by atoms with Crippen molar-refractivity contribution >= 4 is 39.9 Å². The van der Waals surface area contributed by atoms with E-state index < -0.39 is 15.8 Å². The van der Waals surface area contributed by atoms with Crippen LogP contribution in [0.4, 0.5) is 11.4 Å². The van der Waals surface area contributed by atoms with Crippen molar-refractivity contribution in [3.05, 3.63) is 121 Å². The van der Waals surface area contributed by atoms with Crippen LogP contribution in [0, 0.1) is 20.2 Å². The maximum absolute atomic E-state index is 13.4. The molecule has 5 rings (SSSR count). The van der Waals surface area contributed by atoms with Crippen LogP contribution in [-0.2, 0) is 17.8 Å². The molecule has 0 saturated carbocycles. The molecule has 4 aromatic rings. The second-order valence-electron chi connectivity index (χ2n) is 8.71. The molecule has 184 valence electrons. The Labute approximate surface area is 211 Å². The van der Waals surface area contributed by atoms with Crippen molar-refractivity contribution in [1.82, 2.24) is 4.98 Å². The molecule has 1 aliphatic rings. The van der Waals surface area contributed by atoms with E-state index in [0.717, 1.165) is 17.6 Å². The smallest absolute Gasteiger partial charge is 0.339 e. The Kier molecular flexibility index (Phi) is 6.42. The molecule has 1 aliphatic carbocycles. The van der Waals surface area contributed by atoms with Gasteiger partial charge in [-0.2, -0.15) is 0 Å². The van der Waals surface area contributed by atoms with E-state index in [2.05, 4.69) is 0 Å². The lowest BCUT2D eigenvalue weighted by Gasteiger charge is -2.22. The highest BCUT2D eigenvalue weighted by atomic mass is 16.6. The largest absolute Gasteiger partial charge is 0.457 e. The lowest BCUT2D eigenvalue weighted by molar-refractivity contribution is -0.385. The molecular formula is C28H21N3O6. The molecule has 0 atom stereocenters. The molecule has 0 unspecified atom stereocenters. The topological polar surface area (TPSA) is 125 Å². The summed E-state index contributed by atoms with van der Waals surface area (Å²) in [6, 6.07) is 19.7. The Bertz CT molecular complexity index is 1590. The van der Waals surface area contributed by atoms with E-state index in [1.807, 2.05) is 30.3 Å². The molecule has 0 fully saturated rings. The van der Waals surface area contributed by atoms with Gasteiger partial charge in [-0.3, -0.25) is 20.2 Å². The van der Waals surface area contributed by atoms with E-state index in [1.54, 1.807) is 24.3 Å². The molecule has 0 radical (unpaired) electrons. The third-order valence-electron chi connectivity index (χ3n) is 6.29. The summed E-state index contributed by atoms with van der Waals surface area (Å²) >= 11 is 0. The van der Waals surface area contributed by atoms with Crippen LogP contribution in [0.25, 0.3) is 22.6 Å². The molecule has 0 spiro atoms. The summed E-state index contributed by atoms with van der Waals surface area (Å²) in [7, 11) is 0. The first kappa shape index (κ1) is 23.8. The van der Waals surface area contributed by atoms with Crippen LogP contribution in [0.15, 0.2) is 72.8 Å². The third kappa shape index (κ3) is 4.92. The molecular weight excluding hydrogens is 474 g/mol. The minimum Gasteiger partial charge on any atom is -0.457 e. The number of pyridine rings is 1. The minimum atomic E-state index is -0.530. The summed E-state index contributed by atoms with van der Waals surface area (Å²) < 4.78 is 5.63. The zero-order chi connectivity index (χ0) is 25.9. The third-order valence-corrected chi connectivity index (χ3v) is 6.29. The first-order valence-corrected chi connectivity index (χ1v) is 11.7. The van der Waals surface area contributed by atoms with E-state index in [4.69, 9.17) is 9.72 Å². The van der Waals surface area contributed by atoms with Crippen LogP contribution < -0.4 is 0 Å². The Balaban J connectivity index is 1.55. The summed E-state index contributed by atoms with van der Waals surface area (Å²) in [5.41, 5.74) is 4.53. The fraction of sp³-hybridized carbons (Fsp3) is 0.143. The molecule has 0 amide bonds. The Morgan fingerprint density at radius 2 is 1.65 bits per heavy atom. The molecule has 9 nitrogen and oxygen atoms in total. The molecule has 0 saturated heterocycles. The second kappa shape index (κ2) is 9.98. The Morgan fingerprint density at radius 1 is 0.919 bits per heavy atom. The number of nitro benzene ring substituents is 2. The van der Waals surface area contributed by atoms with E-state index in [-0.39, 0.29) is 18.0 Å².